The molecule has 3 atom stereocenters. The molecule has 1 aromatic heterocycles. The van der Waals surface area contributed by atoms with Gasteiger partial charge in [0, 0.05) is 24.7 Å². The van der Waals surface area contributed by atoms with Gasteiger partial charge in [0.15, 0.2) is 0 Å². The Morgan fingerprint density at radius 3 is 2.76 bits per heavy atom. The fourth-order valence-corrected chi connectivity index (χ4v) is 3.19. The second-order valence-corrected chi connectivity index (χ2v) is 6.10. The van der Waals surface area contributed by atoms with E-state index in [4.69, 9.17) is 5.73 Å². The Bertz CT molecular complexity index is 396. The van der Waals surface area contributed by atoms with Crippen molar-refractivity contribution in [1.29, 1.82) is 0 Å². The molecule has 96 valence electrons. The maximum absolute atomic E-state index is 6.66. The molecule has 0 amide bonds. The van der Waals surface area contributed by atoms with E-state index < -0.39 is 0 Å². The summed E-state index contributed by atoms with van der Waals surface area (Å²) < 4.78 is 1.98. The fourth-order valence-electron chi connectivity index (χ4n) is 3.19. The molecule has 2 N–H and O–H groups in total. The van der Waals surface area contributed by atoms with Crippen LogP contribution in [-0.4, -0.2) is 15.3 Å². The summed E-state index contributed by atoms with van der Waals surface area (Å²) in [7, 11) is 2.02. The Hall–Kier alpha value is -0.830. The molecule has 2 rings (SSSR count). The van der Waals surface area contributed by atoms with Gasteiger partial charge < -0.3 is 5.73 Å². The first-order chi connectivity index (χ1) is 7.90. The number of hydrogen-bond donors (Lipinski definition) is 1. The molecule has 3 nitrogen and oxygen atoms in total. The van der Waals surface area contributed by atoms with E-state index in [2.05, 4.69) is 25.0 Å². The molecule has 0 spiro atoms. The summed E-state index contributed by atoms with van der Waals surface area (Å²) >= 11 is 0. The van der Waals surface area contributed by atoms with Gasteiger partial charge in [-0.1, -0.05) is 20.3 Å². The number of aryl methyl sites for hydroxylation is 2. The molecule has 1 aliphatic rings. The van der Waals surface area contributed by atoms with Gasteiger partial charge in [0.05, 0.1) is 5.69 Å². The van der Waals surface area contributed by atoms with Crippen LogP contribution in [0, 0.1) is 18.8 Å². The normalized spacial score (nSPS) is 33.9. The monoisotopic (exact) mass is 235 g/mol. The zero-order valence-electron chi connectivity index (χ0n) is 11.5. The van der Waals surface area contributed by atoms with E-state index in [0.29, 0.717) is 5.92 Å². The van der Waals surface area contributed by atoms with Gasteiger partial charge in [-0.3, -0.25) is 4.68 Å². The molecule has 0 aromatic carbocycles. The Balaban J connectivity index is 2.18. The van der Waals surface area contributed by atoms with Gasteiger partial charge in [0.1, 0.15) is 0 Å². The third kappa shape index (κ3) is 2.54. The molecule has 0 bridgehead atoms. The summed E-state index contributed by atoms with van der Waals surface area (Å²) in [5.74, 6) is 1.36. The molecule has 1 saturated carbocycles. The summed E-state index contributed by atoms with van der Waals surface area (Å²) in [5.41, 5.74) is 8.97. The molecule has 1 fully saturated rings. The summed E-state index contributed by atoms with van der Waals surface area (Å²) in [6.07, 6.45) is 4.67. The molecule has 3 unspecified atom stereocenters. The lowest BCUT2D eigenvalue weighted by Gasteiger charge is -2.42. The Morgan fingerprint density at radius 1 is 1.47 bits per heavy atom. The van der Waals surface area contributed by atoms with Crippen molar-refractivity contribution in [3.05, 3.63) is 17.5 Å². The van der Waals surface area contributed by atoms with Crippen LogP contribution in [0.4, 0.5) is 0 Å². The topological polar surface area (TPSA) is 43.8 Å². The minimum atomic E-state index is -0.0437. The quantitative estimate of drug-likeness (QED) is 0.855. The molecular weight excluding hydrogens is 210 g/mol. The molecule has 17 heavy (non-hydrogen) atoms. The van der Waals surface area contributed by atoms with Crippen molar-refractivity contribution in [3.63, 3.8) is 0 Å². The van der Waals surface area contributed by atoms with Crippen LogP contribution in [-0.2, 0) is 13.5 Å². The number of hydrogen-bond acceptors (Lipinski definition) is 2. The highest BCUT2D eigenvalue weighted by atomic mass is 15.3. The third-order valence-corrected chi connectivity index (χ3v) is 4.41. The molecule has 0 radical (unpaired) electrons. The molecule has 0 saturated heterocycles. The lowest BCUT2D eigenvalue weighted by molar-refractivity contribution is 0.159. The van der Waals surface area contributed by atoms with E-state index in [1.807, 2.05) is 18.7 Å². The van der Waals surface area contributed by atoms with Crippen LogP contribution >= 0.6 is 0 Å². The Kier molecular flexibility index (Phi) is 3.30. The highest BCUT2D eigenvalue weighted by molar-refractivity contribution is 5.13. The number of rotatable bonds is 2. The van der Waals surface area contributed by atoms with E-state index in [9.17, 15) is 0 Å². The zero-order chi connectivity index (χ0) is 12.6. The highest BCUT2D eigenvalue weighted by Gasteiger charge is 2.37. The molecule has 1 aliphatic carbocycles. The second kappa shape index (κ2) is 4.45. The van der Waals surface area contributed by atoms with Gasteiger partial charge in [0.25, 0.3) is 0 Å². The fraction of sp³-hybridized carbons (Fsp3) is 0.786. The van der Waals surface area contributed by atoms with Crippen LogP contribution in [0.25, 0.3) is 0 Å². The number of nitrogens with two attached hydrogens (primary N) is 1. The van der Waals surface area contributed by atoms with Crippen molar-refractivity contribution in [2.45, 2.75) is 52.0 Å². The summed E-state index contributed by atoms with van der Waals surface area (Å²) in [5, 5.41) is 4.41. The number of aromatic nitrogens is 2. The van der Waals surface area contributed by atoms with Crippen molar-refractivity contribution in [1.82, 2.24) is 9.78 Å². The van der Waals surface area contributed by atoms with E-state index in [1.165, 1.54) is 18.5 Å². The van der Waals surface area contributed by atoms with Gasteiger partial charge in [-0.05, 0) is 37.7 Å². The van der Waals surface area contributed by atoms with Crippen LogP contribution in [0.5, 0.6) is 0 Å². The largest absolute Gasteiger partial charge is 0.324 e. The van der Waals surface area contributed by atoms with E-state index in [0.717, 1.165) is 24.5 Å². The third-order valence-electron chi connectivity index (χ3n) is 4.41. The van der Waals surface area contributed by atoms with Crippen molar-refractivity contribution >= 4 is 0 Å². The van der Waals surface area contributed by atoms with Crippen LogP contribution in [0.3, 0.4) is 0 Å². The molecule has 0 aliphatic heterocycles. The van der Waals surface area contributed by atoms with E-state index in [-0.39, 0.29) is 5.54 Å². The standard InChI is InChI=1S/C14H25N3/c1-10-5-6-11(2)14(15,8-10)9-13-7-12(3)16-17(13)4/h7,10-11H,5-6,8-9,15H2,1-4H3. The predicted octanol–water partition coefficient (Wildman–Crippen LogP) is 2.42. The SMILES string of the molecule is Cc1cc(CC2(N)CC(C)CCC2C)n(C)n1. The van der Waals surface area contributed by atoms with E-state index >= 15 is 0 Å². The lowest BCUT2D eigenvalue weighted by Crippen LogP contribution is -2.52. The summed E-state index contributed by atoms with van der Waals surface area (Å²) in [4.78, 5) is 0. The number of nitrogens with zero attached hydrogens (tertiary/aromatic N) is 2. The maximum Gasteiger partial charge on any atom is 0.0596 e. The first kappa shape index (κ1) is 12.6. The first-order valence-electron chi connectivity index (χ1n) is 6.69. The van der Waals surface area contributed by atoms with Crippen molar-refractivity contribution in [3.8, 4) is 0 Å². The minimum absolute atomic E-state index is 0.0437. The van der Waals surface area contributed by atoms with Gasteiger partial charge in [-0.15, -0.1) is 0 Å². The summed E-state index contributed by atoms with van der Waals surface area (Å²) in [6.45, 7) is 6.66. The van der Waals surface area contributed by atoms with Crippen LogP contribution in [0.2, 0.25) is 0 Å². The summed E-state index contributed by atoms with van der Waals surface area (Å²) in [6, 6.07) is 2.17. The van der Waals surface area contributed by atoms with Gasteiger partial charge >= 0.3 is 0 Å². The second-order valence-electron chi connectivity index (χ2n) is 6.10. The van der Waals surface area contributed by atoms with Gasteiger partial charge in [0.2, 0.25) is 0 Å². The highest BCUT2D eigenvalue weighted by Crippen LogP contribution is 2.37. The zero-order valence-corrected chi connectivity index (χ0v) is 11.5. The van der Waals surface area contributed by atoms with Crippen LogP contribution in [0.1, 0.15) is 44.5 Å². The average Bonchev–Trinajstić information content (AvgIpc) is 2.52. The van der Waals surface area contributed by atoms with Crippen LogP contribution in [0.15, 0.2) is 6.07 Å². The Morgan fingerprint density at radius 2 is 2.18 bits per heavy atom. The van der Waals surface area contributed by atoms with Crippen molar-refractivity contribution in [2.24, 2.45) is 24.6 Å². The smallest absolute Gasteiger partial charge is 0.0596 e. The average molecular weight is 235 g/mol. The molecular formula is C14H25N3. The molecule has 3 heteroatoms. The molecule has 1 heterocycles. The van der Waals surface area contributed by atoms with Crippen molar-refractivity contribution < 1.29 is 0 Å². The van der Waals surface area contributed by atoms with Gasteiger partial charge in [-0.2, -0.15) is 5.10 Å². The molecule has 1 aromatic rings. The van der Waals surface area contributed by atoms with Gasteiger partial charge in [-0.25, -0.2) is 0 Å². The minimum Gasteiger partial charge on any atom is -0.324 e. The van der Waals surface area contributed by atoms with Crippen LogP contribution < -0.4 is 5.73 Å². The van der Waals surface area contributed by atoms with E-state index in [1.54, 1.807) is 0 Å². The van der Waals surface area contributed by atoms with Crippen molar-refractivity contribution in [2.75, 3.05) is 0 Å². The predicted molar refractivity (Wildman–Crippen MR) is 70.7 cm³/mol. The first-order valence-corrected chi connectivity index (χ1v) is 6.69. The lowest BCUT2D eigenvalue weighted by atomic mass is 9.68. The maximum atomic E-state index is 6.66. The Labute approximate surface area is 104 Å².